The molecule has 1 saturated carbocycles. The highest BCUT2D eigenvalue weighted by atomic mass is 35.5. The van der Waals surface area contributed by atoms with E-state index >= 15 is 0 Å². The lowest BCUT2D eigenvalue weighted by molar-refractivity contribution is 0.187. The highest BCUT2D eigenvalue weighted by Crippen LogP contribution is 2.79. The molecule has 4 unspecified atom stereocenters. The van der Waals surface area contributed by atoms with Gasteiger partial charge in [-0.1, -0.05) is 30.4 Å². The Morgan fingerprint density at radius 1 is 1.25 bits per heavy atom. The monoisotopic (exact) mass is 328 g/mol. The summed E-state index contributed by atoms with van der Waals surface area (Å²) in [6, 6.07) is 9.47. The SMILES string of the molecule is CC12C3C=CC1C(Cl)(Cl)[C@@H]3COP2(=O)c1ccccc1. The largest absolute Gasteiger partial charge is 0.324 e. The Hall–Kier alpha value is -0.270. The minimum Gasteiger partial charge on any atom is -0.324 e. The molecule has 2 nitrogen and oxygen atoms in total. The quantitative estimate of drug-likeness (QED) is 0.442. The maximum absolute atomic E-state index is 13.7. The van der Waals surface area contributed by atoms with E-state index in [-0.39, 0.29) is 17.8 Å². The first-order chi connectivity index (χ1) is 9.42. The summed E-state index contributed by atoms with van der Waals surface area (Å²) in [6.07, 6.45) is 4.17. The predicted octanol–water partition coefficient (Wildman–Crippen LogP) is 3.98. The van der Waals surface area contributed by atoms with Gasteiger partial charge in [0.05, 0.1) is 11.8 Å². The zero-order chi connectivity index (χ0) is 14.2. The Kier molecular flexibility index (Phi) is 2.63. The molecule has 1 aliphatic heterocycles. The van der Waals surface area contributed by atoms with Crippen molar-refractivity contribution in [2.45, 2.75) is 16.4 Å². The zero-order valence-corrected chi connectivity index (χ0v) is 13.4. The van der Waals surface area contributed by atoms with E-state index in [9.17, 15) is 4.57 Å². The van der Waals surface area contributed by atoms with Crippen LogP contribution in [-0.2, 0) is 9.09 Å². The summed E-state index contributed by atoms with van der Waals surface area (Å²) < 4.78 is 18.7. The van der Waals surface area contributed by atoms with E-state index in [1.54, 1.807) is 0 Å². The van der Waals surface area contributed by atoms with E-state index in [2.05, 4.69) is 6.08 Å². The average Bonchev–Trinajstić information content (AvgIpc) is 2.84. The molecule has 1 heterocycles. The number of halogens is 2. The van der Waals surface area contributed by atoms with Gasteiger partial charge in [0.1, 0.15) is 4.33 Å². The maximum atomic E-state index is 13.7. The van der Waals surface area contributed by atoms with Crippen molar-refractivity contribution in [1.82, 2.24) is 0 Å². The molecule has 2 aliphatic carbocycles. The Balaban J connectivity index is 1.93. The standard InChI is InChI=1S/C15H15Cl2O2P/c1-14-11-7-8-13(14)15(16,17)12(11)9-19-20(14,18)10-5-3-2-4-6-10/h2-8,11-13H,9H2,1H3/t11?,12-,13?,14?,20?/m1/s1. The topological polar surface area (TPSA) is 26.3 Å². The van der Waals surface area contributed by atoms with Crippen LogP contribution < -0.4 is 5.30 Å². The number of benzene rings is 1. The van der Waals surface area contributed by atoms with Crippen LogP contribution in [0.3, 0.4) is 0 Å². The first kappa shape index (κ1) is 13.4. The van der Waals surface area contributed by atoms with Crippen LogP contribution >= 0.6 is 30.6 Å². The zero-order valence-electron chi connectivity index (χ0n) is 11.0. The molecule has 5 atom stereocenters. The van der Waals surface area contributed by atoms with Gasteiger partial charge in [-0.25, -0.2) is 0 Å². The van der Waals surface area contributed by atoms with Crippen LogP contribution in [0.5, 0.6) is 0 Å². The number of rotatable bonds is 1. The summed E-state index contributed by atoms with van der Waals surface area (Å²) in [5.41, 5.74) is 0. The second kappa shape index (κ2) is 3.93. The summed E-state index contributed by atoms with van der Waals surface area (Å²) in [5, 5.41) is 0.242. The number of hydrogen-bond donors (Lipinski definition) is 0. The number of alkyl halides is 2. The van der Waals surface area contributed by atoms with Crippen LogP contribution in [0.4, 0.5) is 0 Å². The Labute approximate surface area is 128 Å². The van der Waals surface area contributed by atoms with Gasteiger partial charge in [0.2, 0.25) is 7.37 Å². The van der Waals surface area contributed by atoms with E-state index in [4.69, 9.17) is 27.7 Å². The van der Waals surface area contributed by atoms with Crippen molar-refractivity contribution in [1.29, 1.82) is 0 Å². The van der Waals surface area contributed by atoms with Crippen LogP contribution in [0.15, 0.2) is 42.5 Å². The fourth-order valence-corrected chi connectivity index (χ4v) is 8.63. The third-order valence-corrected chi connectivity index (χ3v) is 9.69. The molecule has 5 heteroatoms. The third kappa shape index (κ3) is 1.30. The minimum absolute atomic E-state index is 0.0246. The lowest BCUT2D eigenvalue weighted by Crippen LogP contribution is -2.41. The Morgan fingerprint density at radius 2 is 1.95 bits per heavy atom. The van der Waals surface area contributed by atoms with Gasteiger partial charge >= 0.3 is 0 Å². The predicted molar refractivity (Wildman–Crippen MR) is 82.1 cm³/mol. The van der Waals surface area contributed by atoms with Gasteiger partial charge in [-0.2, -0.15) is 0 Å². The average molecular weight is 329 g/mol. The van der Waals surface area contributed by atoms with Crippen LogP contribution in [0.1, 0.15) is 6.92 Å². The summed E-state index contributed by atoms with van der Waals surface area (Å²) in [6.45, 7) is 2.38. The number of hydrogen-bond acceptors (Lipinski definition) is 2. The van der Waals surface area contributed by atoms with Crippen molar-refractivity contribution >= 4 is 35.9 Å². The van der Waals surface area contributed by atoms with E-state index in [0.29, 0.717) is 6.61 Å². The van der Waals surface area contributed by atoms with Gasteiger partial charge in [0.25, 0.3) is 0 Å². The van der Waals surface area contributed by atoms with Crippen LogP contribution in [0.25, 0.3) is 0 Å². The van der Waals surface area contributed by atoms with Crippen molar-refractivity contribution < 1.29 is 9.09 Å². The van der Waals surface area contributed by atoms with Crippen LogP contribution in [0.2, 0.25) is 0 Å². The van der Waals surface area contributed by atoms with Gasteiger partial charge in [0.15, 0.2) is 0 Å². The molecule has 2 fully saturated rings. The van der Waals surface area contributed by atoms with Crippen molar-refractivity contribution in [2.75, 3.05) is 6.61 Å². The van der Waals surface area contributed by atoms with Crippen molar-refractivity contribution in [3.63, 3.8) is 0 Å². The fraction of sp³-hybridized carbons (Fsp3) is 0.467. The molecule has 0 radical (unpaired) electrons. The molecular weight excluding hydrogens is 314 g/mol. The van der Waals surface area contributed by atoms with Crippen molar-refractivity contribution in [3.8, 4) is 0 Å². The van der Waals surface area contributed by atoms with E-state index in [1.807, 2.05) is 43.3 Å². The fourth-order valence-electron chi connectivity index (χ4n) is 4.25. The second-order valence-electron chi connectivity index (χ2n) is 6.08. The van der Waals surface area contributed by atoms with Crippen molar-refractivity contribution in [2.24, 2.45) is 17.8 Å². The van der Waals surface area contributed by atoms with E-state index in [1.165, 1.54) is 0 Å². The summed E-state index contributed by atoms with van der Waals surface area (Å²) >= 11 is 13.2. The first-order valence-corrected chi connectivity index (χ1v) is 9.17. The maximum Gasteiger partial charge on any atom is 0.239 e. The van der Waals surface area contributed by atoms with Gasteiger partial charge < -0.3 is 4.52 Å². The molecule has 1 saturated heterocycles. The van der Waals surface area contributed by atoms with Gasteiger partial charge in [0, 0.05) is 23.1 Å². The Morgan fingerprint density at radius 3 is 2.65 bits per heavy atom. The second-order valence-corrected chi connectivity index (χ2v) is 10.4. The van der Waals surface area contributed by atoms with Crippen molar-refractivity contribution in [3.05, 3.63) is 42.5 Å². The molecule has 106 valence electrons. The molecule has 0 aromatic heterocycles. The summed E-state index contributed by atoms with van der Waals surface area (Å²) in [5.74, 6) is 0.0285. The normalized spacial score (nSPS) is 47.6. The molecular formula is C15H15Cl2O2P. The molecule has 4 rings (SSSR count). The smallest absolute Gasteiger partial charge is 0.239 e. The van der Waals surface area contributed by atoms with Gasteiger partial charge in [-0.05, 0) is 19.1 Å². The lowest BCUT2D eigenvalue weighted by Gasteiger charge is -2.42. The molecule has 1 aromatic rings. The van der Waals surface area contributed by atoms with E-state index in [0.717, 1.165) is 5.30 Å². The minimum atomic E-state index is -3.01. The van der Waals surface area contributed by atoms with Gasteiger partial charge in [-0.3, -0.25) is 4.57 Å². The van der Waals surface area contributed by atoms with Crippen LogP contribution in [0, 0.1) is 17.8 Å². The first-order valence-electron chi connectivity index (χ1n) is 6.79. The third-order valence-electron chi connectivity index (χ3n) is 5.32. The van der Waals surface area contributed by atoms with Crippen LogP contribution in [-0.4, -0.2) is 16.1 Å². The summed E-state index contributed by atoms with van der Waals surface area (Å²) in [4.78, 5) is 0. The molecule has 0 N–H and O–H groups in total. The molecule has 4 bridgehead atoms. The molecule has 0 spiro atoms. The van der Waals surface area contributed by atoms with Gasteiger partial charge in [-0.15, -0.1) is 23.2 Å². The van der Waals surface area contributed by atoms with E-state index < -0.39 is 16.9 Å². The highest BCUT2D eigenvalue weighted by Gasteiger charge is 2.75. The molecule has 20 heavy (non-hydrogen) atoms. The molecule has 0 amide bonds. The molecule has 3 aliphatic rings. The summed E-state index contributed by atoms with van der Waals surface area (Å²) in [7, 11) is -3.01. The number of allylic oxidation sites excluding steroid dienone is 2. The molecule has 1 aromatic carbocycles. The highest BCUT2D eigenvalue weighted by molar-refractivity contribution is 7.68. The Bertz CT molecular complexity index is 643. The lowest BCUT2D eigenvalue weighted by atomic mass is 9.91.